The average Bonchev–Trinajstić information content (AvgIpc) is 2.96. The predicted octanol–water partition coefficient (Wildman–Crippen LogP) is 3.84. The molecule has 1 aromatic heterocycles. The van der Waals surface area contributed by atoms with E-state index in [1.165, 1.54) is 17.7 Å². The van der Waals surface area contributed by atoms with Crippen molar-refractivity contribution in [1.29, 1.82) is 0 Å². The Hall–Kier alpha value is -2.66. The summed E-state index contributed by atoms with van der Waals surface area (Å²) >= 11 is 0. The van der Waals surface area contributed by atoms with Gasteiger partial charge >= 0.3 is 0 Å². The lowest BCUT2D eigenvalue weighted by Crippen LogP contribution is -2.28. The summed E-state index contributed by atoms with van der Waals surface area (Å²) in [6.07, 6.45) is 0. The third kappa shape index (κ3) is 2.78. The van der Waals surface area contributed by atoms with E-state index in [4.69, 9.17) is 4.98 Å². The monoisotopic (exact) mass is 322 g/mol. The molecule has 0 spiro atoms. The van der Waals surface area contributed by atoms with Crippen LogP contribution in [0.5, 0.6) is 0 Å². The molecule has 1 aliphatic heterocycles. The van der Waals surface area contributed by atoms with E-state index in [2.05, 4.69) is 46.4 Å². The lowest BCUT2D eigenvalue weighted by Gasteiger charge is -2.18. The molecule has 1 aliphatic rings. The highest BCUT2D eigenvalue weighted by Gasteiger charge is 2.20. The normalized spacial score (nSPS) is 13.6. The summed E-state index contributed by atoms with van der Waals surface area (Å²) in [6, 6.07) is 14.8. The fourth-order valence-electron chi connectivity index (χ4n) is 2.98. The molecule has 2 N–H and O–H groups in total. The second kappa shape index (κ2) is 6.09. The number of nitrogens with zero attached hydrogens (tertiary/aromatic N) is 2. The summed E-state index contributed by atoms with van der Waals surface area (Å²) in [7, 11) is 0. The number of hydrogen-bond donors (Lipinski definition) is 2. The van der Waals surface area contributed by atoms with Crippen LogP contribution in [0.2, 0.25) is 0 Å². The Morgan fingerprint density at radius 2 is 1.83 bits per heavy atom. The number of benzene rings is 2. The molecule has 0 fully saturated rings. The highest BCUT2D eigenvalue weighted by Crippen LogP contribution is 2.32. The summed E-state index contributed by atoms with van der Waals surface area (Å²) in [5.41, 5.74) is 4.08. The number of fused-ring (bicyclic) bond motifs is 1. The second-order valence-electron chi connectivity index (χ2n) is 6.05. The van der Waals surface area contributed by atoms with Crippen molar-refractivity contribution in [1.82, 2.24) is 14.9 Å². The number of imidazole rings is 1. The van der Waals surface area contributed by atoms with Crippen molar-refractivity contribution in [2.45, 2.75) is 20.0 Å². The van der Waals surface area contributed by atoms with E-state index in [9.17, 15) is 4.39 Å². The second-order valence-corrected chi connectivity index (χ2v) is 6.05. The van der Waals surface area contributed by atoms with Crippen molar-refractivity contribution in [2.75, 3.05) is 11.9 Å². The molecule has 3 aromatic rings. The molecule has 0 amide bonds. The van der Waals surface area contributed by atoms with Gasteiger partial charge in [-0.15, -0.1) is 0 Å². The molecular weight excluding hydrogens is 303 g/mol. The molecule has 24 heavy (non-hydrogen) atoms. The number of hydrogen-bond acceptors (Lipinski definition) is 3. The van der Waals surface area contributed by atoms with Crippen LogP contribution < -0.4 is 10.6 Å². The zero-order valence-electron chi connectivity index (χ0n) is 13.5. The number of anilines is 2. The predicted molar refractivity (Wildman–Crippen MR) is 93.8 cm³/mol. The van der Waals surface area contributed by atoms with E-state index >= 15 is 0 Å². The van der Waals surface area contributed by atoms with E-state index in [0.29, 0.717) is 0 Å². The first-order chi connectivity index (χ1) is 11.7. The van der Waals surface area contributed by atoms with E-state index in [0.717, 1.165) is 48.2 Å². The molecule has 4 nitrogen and oxygen atoms in total. The van der Waals surface area contributed by atoms with E-state index in [1.807, 2.05) is 0 Å². The summed E-state index contributed by atoms with van der Waals surface area (Å²) < 4.78 is 15.4. The molecule has 4 rings (SSSR count). The minimum absolute atomic E-state index is 0.237. The Kier molecular flexibility index (Phi) is 3.78. The smallest absolute Gasteiger partial charge is 0.138 e. The third-order valence-electron chi connectivity index (χ3n) is 4.27. The lowest BCUT2D eigenvalue weighted by molar-refractivity contribution is 0.509. The first-order valence-corrected chi connectivity index (χ1v) is 8.10. The molecule has 5 heteroatoms. The van der Waals surface area contributed by atoms with Crippen molar-refractivity contribution in [2.24, 2.45) is 0 Å². The van der Waals surface area contributed by atoms with Crippen molar-refractivity contribution in [3.63, 3.8) is 0 Å². The van der Waals surface area contributed by atoms with Gasteiger partial charge in [0.1, 0.15) is 23.2 Å². The maximum Gasteiger partial charge on any atom is 0.138 e. The van der Waals surface area contributed by atoms with Gasteiger partial charge in [0, 0.05) is 24.3 Å². The molecule has 0 saturated heterocycles. The summed E-state index contributed by atoms with van der Waals surface area (Å²) in [6.45, 7) is 4.60. The molecule has 122 valence electrons. The van der Waals surface area contributed by atoms with Gasteiger partial charge in [-0.25, -0.2) is 9.37 Å². The number of halogens is 1. The molecule has 0 atom stereocenters. The van der Waals surface area contributed by atoms with E-state index in [-0.39, 0.29) is 5.82 Å². The maximum absolute atomic E-state index is 13.2. The van der Waals surface area contributed by atoms with Gasteiger partial charge in [-0.2, -0.15) is 0 Å². The number of nitrogens with one attached hydrogen (secondary N) is 2. The Morgan fingerprint density at radius 1 is 1.08 bits per heavy atom. The largest absolute Gasteiger partial charge is 0.340 e. The molecule has 0 bridgehead atoms. The highest BCUT2D eigenvalue weighted by molar-refractivity contribution is 5.76. The van der Waals surface area contributed by atoms with Crippen LogP contribution in [0.1, 0.15) is 11.4 Å². The summed E-state index contributed by atoms with van der Waals surface area (Å²) in [5.74, 6) is 1.74. The Morgan fingerprint density at radius 3 is 2.58 bits per heavy atom. The molecule has 0 saturated carbocycles. The van der Waals surface area contributed by atoms with Gasteiger partial charge in [-0.05, 0) is 31.2 Å². The SMILES string of the molecule is Cc1ccc(-c2nc3n(c2Nc2ccc(F)cc2)CCNC3)cc1. The van der Waals surface area contributed by atoms with Gasteiger partial charge in [-0.3, -0.25) is 0 Å². The van der Waals surface area contributed by atoms with Gasteiger partial charge in [0.2, 0.25) is 0 Å². The minimum atomic E-state index is -0.237. The fraction of sp³-hybridized carbons (Fsp3) is 0.211. The standard InChI is InChI=1S/C19H19FN4/c1-13-2-4-14(5-3-13)18-19(22-16-8-6-15(20)7-9-16)24-11-10-21-12-17(24)23-18/h2-9,21-22H,10-12H2,1H3. The van der Waals surface area contributed by atoms with Crippen LogP contribution in [-0.2, 0) is 13.1 Å². The number of rotatable bonds is 3. The van der Waals surface area contributed by atoms with Gasteiger partial charge in [0.15, 0.2) is 0 Å². The zero-order valence-corrected chi connectivity index (χ0v) is 13.5. The Balaban J connectivity index is 1.79. The van der Waals surface area contributed by atoms with Crippen molar-refractivity contribution < 1.29 is 4.39 Å². The third-order valence-corrected chi connectivity index (χ3v) is 4.27. The summed E-state index contributed by atoms with van der Waals surface area (Å²) in [5, 5.41) is 6.78. The molecule has 2 aromatic carbocycles. The molecule has 0 unspecified atom stereocenters. The first kappa shape index (κ1) is 14.9. The first-order valence-electron chi connectivity index (χ1n) is 8.10. The van der Waals surface area contributed by atoms with Crippen LogP contribution in [-0.4, -0.2) is 16.1 Å². The van der Waals surface area contributed by atoms with Crippen molar-refractivity contribution in [3.05, 3.63) is 65.7 Å². The van der Waals surface area contributed by atoms with Gasteiger partial charge < -0.3 is 15.2 Å². The van der Waals surface area contributed by atoms with Crippen molar-refractivity contribution >= 4 is 11.5 Å². The minimum Gasteiger partial charge on any atom is -0.340 e. The number of aromatic nitrogens is 2. The highest BCUT2D eigenvalue weighted by atomic mass is 19.1. The summed E-state index contributed by atoms with van der Waals surface area (Å²) in [4.78, 5) is 4.83. The van der Waals surface area contributed by atoms with Gasteiger partial charge in [0.25, 0.3) is 0 Å². The topological polar surface area (TPSA) is 41.9 Å². The zero-order chi connectivity index (χ0) is 16.5. The number of aryl methyl sites for hydroxylation is 1. The quantitative estimate of drug-likeness (QED) is 0.770. The van der Waals surface area contributed by atoms with Gasteiger partial charge in [-0.1, -0.05) is 29.8 Å². The molecule has 0 aliphatic carbocycles. The van der Waals surface area contributed by atoms with Crippen LogP contribution in [0.4, 0.5) is 15.9 Å². The van der Waals surface area contributed by atoms with Crippen LogP contribution in [0.15, 0.2) is 48.5 Å². The molecular formula is C19H19FN4. The molecule has 2 heterocycles. The molecule has 0 radical (unpaired) electrons. The van der Waals surface area contributed by atoms with Crippen LogP contribution in [0.25, 0.3) is 11.3 Å². The Labute approximate surface area is 140 Å². The maximum atomic E-state index is 13.2. The van der Waals surface area contributed by atoms with Crippen LogP contribution >= 0.6 is 0 Å². The van der Waals surface area contributed by atoms with E-state index in [1.54, 1.807) is 12.1 Å². The lowest BCUT2D eigenvalue weighted by atomic mass is 10.1. The van der Waals surface area contributed by atoms with Crippen molar-refractivity contribution in [3.8, 4) is 11.3 Å². The van der Waals surface area contributed by atoms with E-state index < -0.39 is 0 Å². The fourth-order valence-corrected chi connectivity index (χ4v) is 2.98. The van der Waals surface area contributed by atoms with Crippen LogP contribution in [0, 0.1) is 12.7 Å². The van der Waals surface area contributed by atoms with Crippen LogP contribution in [0.3, 0.4) is 0 Å². The average molecular weight is 322 g/mol. The van der Waals surface area contributed by atoms with Gasteiger partial charge in [0.05, 0.1) is 6.54 Å². The Bertz CT molecular complexity index is 850.